The highest BCUT2D eigenvalue weighted by Crippen LogP contribution is 2.25. The number of nitrogens with one attached hydrogen (secondary N) is 2. The number of hydrogen-bond acceptors (Lipinski definition) is 4. The zero-order valence-electron chi connectivity index (χ0n) is 15.1. The van der Waals surface area contributed by atoms with Crippen molar-refractivity contribution in [3.63, 3.8) is 0 Å². The molecule has 0 aliphatic rings. The van der Waals surface area contributed by atoms with Gasteiger partial charge in [-0.15, -0.1) is 5.10 Å². The summed E-state index contributed by atoms with van der Waals surface area (Å²) in [6.07, 6.45) is 0.638. The summed E-state index contributed by atoms with van der Waals surface area (Å²) in [4.78, 5) is 23.5. The van der Waals surface area contributed by atoms with Crippen LogP contribution in [0.4, 0.5) is 0 Å². The van der Waals surface area contributed by atoms with Crippen LogP contribution in [0.15, 0.2) is 60.7 Å². The average Bonchev–Trinajstić information content (AvgIpc) is 3.14. The third-order valence-corrected chi connectivity index (χ3v) is 3.95. The summed E-state index contributed by atoms with van der Waals surface area (Å²) in [5.41, 5.74) is 2.59. The first-order valence-electron chi connectivity index (χ1n) is 8.76. The van der Waals surface area contributed by atoms with Crippen molar-refractivity contribution in [1.82, 2.24) is 25.6 Å². The molecular weight excluding hydrogens is 342 g/mol. The van der Waals surface area contributed by atoms with Crippen molar-refractivity contribution in [1.29, 1.82) is 0 Å². The van der Waals surface area contributed by atoms with Gasteiger partial charge in [0, 0.05) is 25.6 Å². The van der Waals surface area contributed by atoms with Crippen molar-refractivity contribution in [3.05, 3.63) is 66.4 Å². The van der Waals surface area contributed by atoms with Gasteiger partial charge in [0.1, 0.15) is 5.69 Å². The summed E-state index contributed by atoms with van der Waals surface area (Å²) >= 11 is 0. The van der Waals surface area contributed by atoms with Crippen LogP contribution in [0.3, 0.4) is 0 Å². The fraction of sp³-hybridized carbons (Fsp3) is 0.200. The van der Waals surface area contributed by atoms with Crippen LogP contribution in [0.25, 0.3) is 16.9 Å². The molecule has 7 nitrogen and oxygen atoms in total. The molecule has 2 aromatic carbocycles. The molecule has 1 aromatic heterocycles. The van der Waals surface area contributed by atoms with Crippen molar-refractivity contribution in [2.45, 2.75) is 13.3 Å². The van der Waals surface area contributed by atoms with Crippen molar-refractivity contribution in [3.8, 4) is 16.9 Å². The standard InChI is InChI=1S/C20H21N5O2/c1-15(26)21-13-8-14-22-20(27)18-19(16-9-4-2-5-10-16)25(24-23-18)17-11-6-3-7-12-17/h2-7,9-12H,8,13-14H2,1H3,(H,21,26)(H,22,27). The minimum Gasteiger partial charge on any atom is -0.356 e. The van der Waals surface area contributed by atoms with E-state index in [9.17, 15) is 9.59 Å². The number of carbonyl (C=O) groups excluding carboxylic acids is 2. The Bertz CT molecular complexity index is 907. The van der Waals surface area contributed by atoms with Gasteiger partial charge in [-0.25, -0.2) is 4.68 Å². The lowest BCUT2D eigenvalue weighted by Crippen LogP contribution is -2.29. The molecule has 0 aliphatic heterocycles. The molecule has 0 saturated carbocycles. The molecule has 0 unspecified atom stereocenters. The van der Waals surface area contributed by atoms with Gasteiger partial charge in [0.05, 0.1) is 5.69 Å². The number of para-hydroxylation sites is 1. The SMILES string of the molecule is CC(=O)NCCCNC(=O)c1nnn(-c2ccccc2)c1-c1ccccc1. The monoisotopic (exact) mass is 363 g/mol. The Labute approximate surface area is 157 Å². The zero-order valence-corrected chi connectivity index (χ0v) is 15.1. The number of rotatable bonds is 7. The van der Waals surface area contributed by atoms with Crippen LogP contribution in [0, 0.1) is 0 Å². The number of nitrogens with zero attached hydrogens (tertiary/aromatic N) is 3. The predicted molar refractivity (Wildman–Crippen MR) is 102 cm³/mol. The van der Waals surface area contributed by atoms with Gasteiger partial charge < -0.3 is 10.6 Å². The van der Waals surface area contributed by atoms with Crippen LogP contribution in [-0.2, 0) is 4.79 Å². The molecule has 2 amide bonds. The average molecular weight is 363 g/mol. The summed E-state index contributed by atoms with van der Waals surface area (Å²) in [5, 5.41) is 13.9. The fourth-order valence-corrected chi connectivity index (χ4v) is 2.68. The Balaban J connectivity index is 1.84. The molecule has 0 atom stereocenters. The van der Waals surface area contributed by atoms with Gasteiger partial charge in [-0.3, -0.25) is 9.59 Å². The van der Waals surface area contributed by atoms with E-state index in [1.165, 1.54) is 6.92 Å². The van der Waals surface area contributed by atoms with E-state index in [0.29, 0.717) is 25.2 Å². The molecule has 0 fully saturated rings. The summed E-state index contributed by atoms with van der Waals surface area (Å²) in [6.45, 7) is 2.41. The molecule has 0 bridgehead atoms. The third kappa shape index (κ3) is 4.58. The Kier molecular flexibility index (Phi) is 5.94. The molecule has 3 rings (SSSR count). The summed E-state index contributed by atoms with van der Waals surface area (Å²) < 4.78 is 1.67. The van der Waals surface area contributed by atoms with Gasteiger partial charge in [-0.1, -0.05) is 53.7 Å². The second-order valence-corrected chi connectivity index (χ2v) is 5.99. The molecule has 27 heavy (non-hydrogen) atoms. The van der Waals surface area contributed by atoms with Crippen molar-refractivity contribution in [2.24, 2.45) is 0 Å². The molecule has 138 valence electrons. The van der Waals surface area contributed by atoms with E-state index < -0.39 is 0 Å². The van der Waals surface area contributed by atoms with Gasteiger partial charge in [-0.2, -0.15) is 0 Å². The first-order chi connectivity index (χ1) is 13.2. The third-order valence-electron chi connectivity index (χ3n) is 3.95. The van der Waals surface area contributed by atoms with E-state index in [0.717, 1.165) is 11.3 Å². The lowest BCUT2D eigenvalue weighted by atomic mass is 10.1. The minimum absolute atomic E-state index is 0.0847. The minimum atomic E-state index is -0.293. The van der Waals surface area contributed by atoms with Gasteiger partial charge in [0.25, 0.3) is 5.91 Å². The highest BCUT2D eigenvalue weighted by Gasteiger charge is 2.21. The first kappa shape index (κ1) is 18.3. The Morgan fingerprint density at radius 1 is 0.926 bits per heavy atom. The maximum absolute atomic E-state index is 12.7. The van der Waals surface area contributed by atoms with E-state index in [2.05, 4.69) is 20.9 Å². The molecule has 0 saturated heterocycles. The topological polar surface area (TPSA) is 88.9 Å². The number of hydrogen-bond donors (Lipinski definition) is 2. The molecule has 7 heteroatoms. The number of carbonyl (C=O) groups is 2. The lowest BCUT2D eigenvalue weighted by molar-refractivity contribution is -0.118. The van der Waals surface area contributed by atoms with Gasteiger partial charge in [0.2, 0.25) is 5.91 Å². The van der Waals surface area contributed by atoms with Gasteiger partial charge in [-0.05, 0) is 18.6 Å². The molecule has 0 spiro atoms. The molecule has 2 N–H and O–H groups in total. The molecule has 1 heterocycles. The van der Waals surface area contributed by atoms with Crippen LogP contribution in [0.5, 0.6) is 0 Å². The van der Waals surface area contributed by atoms with E-state index >= 15 is 0 Å². The Morgan fingerprint density at radius 2 is 1.56 bits per heavy atom. The van der Waals surface area contributed by atoms with E-state index in [1.54, 1.807) is 4.68 Å². The summed E-state index contributed by atoms with van der Waals surface area (Å²) in [7, 11) is 0. The van der Waals surface area contributed by atoms with Gasteiger partial charge >= 0.3 is 0 Å². The lowest BCUT2D eigenvalue weighted by Gasteiger charge is -2.09. The summed E-state index contributed by atoms with van der Waals surface area (Å²) in [6, 6.07) is 19.2. The number of benzene rings is 2. The maximum atomic E-state index is 12.7. The van der Waals surface area contributed by atoms with Crippen molar-refractivity contribution >= 4 is 11.8 Å². The van der Waals surface area contributed by atoms with Crippen LogP contribution in [-0.4, -0.2) is 39.9 Å². The Hall–Kier alpha value is -3.48. The van der Waals surface area contributed by atoms with Crippen LogP contribution < -0.4 is 10.6 Å². The largest absolute Gasteiger partial charge is 0.356 e. The Morgan fingerprint density at radius 3 is 2.22 bits per heavy atom. The van der Waals surface area contributed by atoms with Crippen molar-refractivity contribution in [2.75, 3.05) is 13.1 Å². The van der Waals surface area contributed by atoms with E-state index in [-0.39, 0.29) is 17.5 Å². The van der Waals surface area contributed by atoms with E-state index in [4.69, 9.17) is 0 Å². The van der Waals surface area contributed by atoms with Crippen molar-refractivity contribution < 1.29 is 9.59 Å². The normalized spacial score (nSPS) is 10.4. The molecule has 3 aromatic rings. The number of aromatic nitrogens is 3. The first-order valence-corrected chi connectivity index (χ1v) is 8.76. The summed E-state index contributed by atoms with van der Waals surface area (Å²) in [5.74, 6) is -0.377. The van der Waals surface area contributed by atoms with E-state index in [1.807, 2.05) is 60.7 Å². The molecule has 0 radical (unpaired) electrons. The number of amides is 2. The highest BCUT2D eigenvalue weighted by atomic mass is 16.2. The molecular formula is C20H21N5O2. The predicted octanol–water partition coefficient (Wildman–Crippen LogP) is 2.19. The fourth-order valence-electron chi connectivity index (χ4n) is 2.68. The molecule has 0 aliphatic carbocycles. The second kappa shape index (κ2) is 8.75. The van der Waals surface area contributed by atoms with Crippen LogP contribution >= 0.6 is 0 Å². The second-order valence-electron chi connectivity index (χ2n) is 5.99. The smallest absolute Gasteiger partial charge is 0.274 e. The maximum Gasteiger partial charge on any atom is 0.274 e. The quantitative estimate of drug-likeness (QED) is 0.630. The van der Waals surface area contributed by atoms with Crippen LogP contribution in [0.2, 0.25) is 0 Å². The highest BCUT2D eigenvalue weighted by molar-refractivity contribution is 5.98. The zero-order chi connectivity index (χ0) is 19.1. The van der Waals surface area contributed by atoms with Gasteiger partial charge in [0.15, 0.2) is 5.69 Å². The van der Waals surface area contributed by atoms with Crippen LogP contribution in [0.1, 0.15) is 23.8 Å².